The van der Waals surface area contributed by atoms with E-state index < -0.39 is 0 Å². The van der Waals surface area contributed by atoms with Gasteiger partial charge >= 0.3 is 0 Å². The highest BCUT2D eigenvalue weighted by Crippen LogP contribution is 2.33. The van der Waals surface area contributed by atoms with Gasteiger partial charge in [0.05, 0.1) is 12.5 Å². The van der Waals surface area contributed by atoms with Gasteiger partial charge in [-0.25, -0.2) is 9.97 Å². The number of ether oxygens (including phenoxy) is 1. The van der Waals surface area contributed by atoms with Crippen LogP contribution in [0, 0.1) is 13.8 Å². The van der Waals surface area contributed by atoms with E-state index in [0.717, 1.165) is 15.8 Å². The van der Waals surface area contributed by atoms with Crippen LogP contribution in [0.15, 0.2) is 12.1 Å². The molecule has 3 aromatic rings. The zero-order valence-corrected chi connectivity index (χ0v) is 12.2. The van der Waals surface area contributed by atoms with Crippen molar-refractivity contribution in [2.75, 3.05) is 12.8 Å². The van der Waals surface area contributed by atoms with Crippen molar-refractivity contribution in [3.05, 3.63) is 22.6 Å². The Labute approximate surface area is 119 Å². The van der Waals surface area contributed by atoms with Crippen LogP contribution in [0.1, 0.15) is 10.4 Å². The number of hydrogen-bond acceptors (Lipinski definition) is 7. The molecule has 0 saturated heterocycles. The van der Waals surface area contributed by atoms with Gasteiger partial charge in [-0.2, -0.15) is 0 Å². The van der Waals surface area contributed by atoms with Crippen LogP contribution in [0.5, 0.6) is 5.88 Å². The number of nitrogens with zero attached hydrogens (tertiary/aromatic N) is 4. The third-order valence-corrected chi connectivity index (χ3v) is 4.24. The number of rotatable bonds is 2. The molecule has 2 N–H and O–H groups in total. The van der Waals surface area contributed by atoms with Gasteiger partial charge in [0.2, 0.25) is 5.88 Å². The maximum Gasteiger partial charge on any atom is 0.233 e. The van der Waals surface area contributed by atoms with E-state index in [-0.39, 0.29) is 0 Å². The van der Waals surface area contributed by atoms with E-state index in [9.17, 15) is 0 Å². The van der Waals surface area contributed by atoms with Gasteiger partial charge in [0, 0.05) is 10.9 Å². The van der Waals surface area contributed by atoms with E-state index in [1.54, 1.807) is 30.6 Å². The molecule has 0 bridgehead atoms. The second-order valence-corrected chi connectivity index (χ2v) is 5.56. The molecule has 0 spiro atoms. The molecule has 102 valence electrons. The first-order valence-electron chi connectivity index (χ1n) is 6.01. The highest BCUT2D eigenvalue weighted by Gasteiger charge is 2.14. The molecule has 3 aromatic heterocycles. The molecule has 0 saturated carbocycles. The monoisotopic (exact) mass is 287 g/mol. The molecule has 0 radical (unpaired) electrons. The van der Waals surface area contributed by atoms with Crippen LogP contribution in [-0.2, 0) is 0 Å². The first kappa shape index (κ1) is 12.7. The first-order chi connectivity index (χ1) is 9.60. The molecule has 0 atom stereocenters. The summed E-state index contributed by atoms with van der Waals surface area (Å²) in [5.41, 5.74) is 7.75. The van der Waals surface area contributed by atoms with Gasteiger partial charge in [0.25, 0.3) is 0 Å². The van der Waals surface area contributed by atoms with Crippen LogP contribution in [0.2, 0.25) is 0 Å². The number of anilines is 1. The summed E-state index contributed by atoms with van der Waals surface area (Å²) >= 11 is 1.61. The predicted octanol–water partition coefficient (Wildman–Crippen LogP) is 2.36. The van der Waals surface area contributed by atoms with Crippen molar-refractivity contribution in [3.63, 3.8) is 0 Å². The fraction of sp³-hybridized carbons (Fsp3) is 0.231. The normalized spacial score (nSPS) is 10.9. The van der Waals surface area contributed by atoms with Crippen molar-refractivity contribution in [2.45, 2.75) is 13.8 Å². The zero-order valence-electron chi connectivity index (χ0n) is 11.3. The number of nitrogens with two attached hydrogens (primary N) is 1. The number of nitrogen functional groups attached to an aromatic ring is 1. The van der Waals surface area contributed by atoms with Crippen LogP contribution < -0.4 is 10.5 Å². The molecule has 0 aliphatic rings. The smallest absolute Gasteiger partial charge is 0.233 e. The number of fused-ring (bicyclic) bond motifs is 1. The largest absolute Gasteiger partial charge is 0.480 e. The van der Waals surface area contributed by atoms with Gasteiger partial charge in [-0.3, -0.25) is 0 Å². The molecular weight excluding hydrogens is 274 g/mol. The maximum absolute atomic E-state index is 6.05. The van der Waals surface area contributed by atoms with Crippen molar-refractivity contribution >= 4 is 27.4 Å². The Morgan fingerprint density at radius 1 is 1.15 bits per heavy atom. The number of aromatic nitrogens is 4. The lowest BCUT2D eigenvalue weighted by molar-refractivity contribution is 0.392. The van der Waals surface area contributed by atoms with E-state index in [1.165, 1.54) is 4.88 Å². The van der Waals surface area contributed by atoms with E-state index in [2.05, 4.69) is 20.2 Å². The molecular formula is C13H13N5OS. The van der Waals surface area contributed by atoms with Gasteiger partial charge < -0.3 is 10.5 Å². The quantitative estimate of drug-likeness (QED) is 0.778. The molecule has 7 heteroatoms. The van der Waals surface area contributed by atoms with Crippen LogP contribution in [-0.4, -0.2) is 27.3 Å². The first-order valence-corrected chi connectivity index (χ1v) is 6.83. The lowest BCUT2D eigenvalue weighted by Gasteiger charge is -2.03. The van der Waals surface area contributed by atoms with Crippen molar-refractivity contribution in [3.8, 4) is 17.4 Å². The minimum Gasteiger partial charge on any atom is -0.480 e. The Morgan fingerprint density at radius 3 is 2.60 bits per heavy atom. The van der Waals surface area contributed by atoms with Crippen molar-refractivity contribution in [1.29, 1.82) is 0 Å². The second-order valence-electron chi connectivity index (χ2n) is 4.36. The van der Waals surface area contributed by atoms with Gasteiger partial charge in [-0.05, 0) is 25.5 Å². The molecule has 0 aromatic carbocycles. The Hall–Kier alpha value is -2.28. The molecule has 3 rings (SSSR count). The molecule has 0 aliphatic heterocycles. The van der Waals surface area contributed by atoms with Crippen LogP contribution in [0.3, 0.4) is 0 Å². The summed E-state index contributed by atoms with van der Waals surface area (Å²) in [4.78, 5) is 10.9. The van der Waals surface area contributed by atoms with Crippen LogP contribution in [0.4, 0.5) is 5.82 Å². The molecule has 0 aliphatic carbocycles. The maximum atomic E-state index is 6.05. The lowest BCUT2D eigenvalue weighted by Crippen LogP contribution is -1.99. The van der Waals surface area contributed by atoms with Crippen molar-refractivity contribution < 1.29 is 4.74 Å². The van der Waals surface area contributed by atoms with Gasteiger partial charge in [0.15, 0.2) is 5.82 Å². The average molecular weight is 287 g/mol. The fourth-order valence-corrected chi connectivity index (χ4v) is 2.98. The van der Waals surface area contributed by atoms with Crippen molar-refractivity contribution in [2.24, 2.45) is 0 Å². The van der Waals surface area contributed by atoms with E-state index >= 15 is 0 Å². The predicted molar refractivity (Wildman–Crippen MR) is 78.9 cm³/mol. The number of thiophene rings is 1. The summed E-state index contributed by atoms with van der Waals surface area (Å²) in [6.45, 7) is 4.08. The summed E-state index contributed by atoms with van der Waals surface area (Å²) in [5, 5.41) is 8.89. The third-order valence-electron chi connectivity index (χ3n) is 3.13. The summed E-state index contributed by atoms with van der Waals surface area (Å²) in [5.74, 6) is 1.40. The van der Waals surface area contributed by atoms with Crippen LogP contribution in [0.25, 0.3) is 21.7 Å². The summed E-state index contributed by atoms with van der Waals surface area (Å²) in [6.07, 6.45) is 0. The lowest BCUT2D eigenvalue weighted by atomic mass is 10.2. The van der Waals surface area contributed by atoms with Gasteiger partial charge in [-0.1, -0.05) is 0 Å². The van der Waals surface area contributed by atoms with Crippen LogP contribution >= 0.6 is 11.3 Å². The second kappa shape index (κ2) is 4.68. The highest BCUT2D eigenvalue weighted by molar-refractivity contribution is 7.18. The standard InChI is InChI=1S/C13H13N5OS/c1-6-7(2)20-13-10(6)11(14)15-12(16-13)8-4-5-9(19-3)18-17-8/h4-5H,1-3H3,(H2,14,15,16). The molecule has 0 amide bonds. The Morgan fingerprint density at radius 2 is 1.95 bits per heavy atom. The fourth-order valence-electron chi connectivity index (χ4n) is 1.94. The highest BCUT2D eigenvalue weighted by atomic mass is 32.1. The topological polar surface area (TPSA) is 86.8 Å². The molecule has 0 fully saturated rings. The van der Waals surface area contributed by atoms with E-state index in [4.69, 9.17) is 10.5 Å². The minimum atomic E-state index is 0.450. The third kappa shape index (κ3) is 1.96. The van der Waals surface area contributed by atoms with E-state index in [1.807, 2.05) is 13.8 Å². The Kier molecular flexibility index (Phi) is 2.98. The minimum absolute atomic E-state index is 0.450. The molecule has 0 unspecified atom stereocenters. The number of methoxy groups -OCH3 is 1. The SMILES string of the molecule is COc1ccc(-c2nc(N)c3c(C)c(C)sc3n2)nn1. The summed E-state index contributed by atoms with van der Waals surface area (Å²) in [7, 11) is 1.54. The molecule has 20 heavy (non-hydrogen) atoms. The summed E-state index contributed by atoms with van der Waals surface area (Å²) in [6, 6.07) is 3.48. The zero-order chi connectivity index (χ0) is 14.3. The number of hydrogen-bond donors (Lipinski definition) is 1. The van der Waals surface area contributed by atoms with Crippen molar-refractivity contribution in [1.82, 2.24) is 20.2 Å². The molecule has 6 nitrogen and oxygen atoms in total. The Bertz CT molecular complexity index is 782. The summed E-state index contributed by atoms with van der Waals surface area (Å²) < 4.78 is 4.98. The van der Waals surface area contributed by atoms with E-state index in [0.29, 0.717) is 23.2 Å². The number of aryl methyl sites for hydroxylation is 2. The van der Waals surface area contributed by atoms with Gasteiger partial charge in [0.1, 0.15) is 16.3 Å². The Balaban J connectivity index is 2.16. The molecule has 3 heterocycles. The van der Waals surface area contributed by atoms with Gasteiger partial charge in [-0.15, -0.1) is 21.5 Å². The average Bonchev–Trinajstić information content (AvgIpc) is 2.74.